The van der Waals surface area contributed by atoms with Crippen molar-refractivity contribution in [3.63, 3.8) is 0 Å². The molecule has 1 fully saturated rings. The lowest BCUT2D eigenvalue weighted by Gasteiger charge is -2.40. The van der Waals surface area contributed by atoms with Crippen LogP contribution in [-0.4, -0.2) is 46.9 Å². The summed E-state index contributed by atoms with van der Waals surface area (Å²) in [4.78, 5) is 29.4. The number of nitrogens with one attached hydrogen (secondary N) is 1. The van der Waals surface area contributed by atoms with Gasteiger partial charge < -0.3 is 9.47 Å². The molecule has 1 saturated heterocycles. The Morgan fingerprint density at radius 1 is 1.19 bits per heavy atom. The number of rotatable bonds is 7. The number of anilines is 1. The minimum Gasteiger partial charge on any atom is -0.489 e. The van der Waals surface area contributed by atoms with Crippen LogP contribution in [0.3, 0.4) is 0 Å². The molecule has 1 aromatic heterocycles. The van der Waals surface area contributed by atoms with E-state index in [1.54, 1.807) is 0 Å². The smallest absolute Gasteiger partial charge is 0.471 e. The Morgan fingerprint density at radius 3 is 2.56 bits per heavy atom. The number of hydroxylamine groups is 1. The summed E-state index contributed by atoms with van der Waals surface area (Å²) in [5.41, 5.74) is 2.27. The molecule has 36 heavy (non-hydrogen) atoms. The van der Waals surface area contributed by atoms with E-state index in [2.05, 4.69) is 4.98 Å². The zero-order valence-corrected chi connectivity index (χ0v) is 19.3. The summed E-state index contributed by atoms with van der Waals surface area (Å²) in [6.07, 6.45) is -5.78. The van der Waals surface area contributed by atoms with E-state index in [1.807, 2.05) is 37.3 Å². The molecule has 190 valence electrons. The molecule has 2 amide bonds. The topological polar surface area (TPSA) is 101 Å². The third-order valence-electron chi connectivity index (χ3n) is 6.04. The summed E-state index contributed by atoms with van der Waals surface area (Å²) in [5.74, 6) is -2.69. The monoisotopic (exact) mass is 503 g/mol. The quantitative estimate of drug-likeness (QED) is 0.372. The van der Waals surface area contributed by atoms with Crippen molar-refractivity contribution < 1.29 is 37.4 Å². The normalized spacial score (nSPS) is 17.7. The van der Waals surface area contributed by atoms with Gasteiger partial charge in [-0.1, -0.05) is 18.2 Å². The fourth-order valence-corrected chi connectivity index (χ4v) is 4.43. The molecule has 0 spiro atoms. The number of aromatic nitrogens is 1. The van der Waals surface area contributed by atoms with Crippen molar-refractivity contribution in [3.8, 4) is 5.75 Å². The maximum absolute atomic E-state index is 13.6. The highest BCUT2D eigenvalue weighted by Crippen LogP contribution is 2.38. The van der Waals surface area contributed by atoms with E-state index in [4.69, 9.17) is 14.7 Å². The van der Waals surface area contributed by atoms with E-state index in [-0.39, 0.29) is 31.9 Å². The van der Waals surface area contributed by atoms with Gasteiger partial charge in [0.05, 0.1) is 24.1 Å². The number of carbonyl (C=O) groups is 2. The molecule has 4 rings (SSSR count). The molecule has 0 bridgehead atoms. The summed E-state index contributed by atoms with van der Waals surface area (Å²) in [6.45, 7) is 1.83. The molecular weight excluding hydrogens is 479 g/mol. The Morgan fingerprint density at radius 2 is 1.92 bits per heavy atom. The van der Waals surface area contributed by atoms with E-state index in [9.17, 15) is 22.8 Å². The van der Waals surface area contributed by atoms with Crippen LogP contribution < -0.4 is 15.1 Å². The minimum absolute atomic E-state index is 0.0189. The number of amides is 2. The van der Waals surface area contributed by atoms with Crippen LogP contribution in [0.2, 0.25) is 0 Å². The van der Waals surface area contributed by atoms with Crippen LogP contribution in [0.25, 0.3) is 10.9 Å². The molecule has 1 aliphatic heterocycles. The average Bonchev–Trinajstić information content (AvgIpc) is 3.31. The first-order valence-electron chi connectivity index (χ1n) is 11.1. The van der Waals surface area contributed by atoms with Gasteiger partial charge in [-0.15, -0.1) is 0 Å². The molecule has 2 heterocycles. The van der Waals surface area contributed by atoms with Crippen LogP contribution in [0.1, 0.15) is 24.1 Å². The molecule has 0 aliphatic carbocycles. The lowest BCUT2D eigenvalue weighted by atomic mass is 9.90. The van der Waals surface area contributed by atoms with Crippen molar-refractivity contribution in [1.29, 1.82) is 0 Å². The third kappa shape index (κ3) is 5.26. The summed E-state index contributed by atoms with van der Waals surface area (Å²) in [5, 5.41) is 9.87. The van der Waals surface area contributed by atoms with Crippen molar-refractivity contribution in [2.45, 2.75) is 38.1 Å². The number of alkyl halides is 3. The second kappa shape index (κ2) is 10.1. The molecule has 3 aromatic rings. The van der Waals surface area contributed by atoms with Crippen LogP contribution in [0.4, 0.5) is 18.9 Å². The SMILES string of the molecule is Cc1cc(COc2ccc(N(C(=O)C(F)(F)F)[C@@]3(CC(=O)NO)CCOC3)cc2)c2ccccc2n1. The predicted molar refractivity (Wildman–Crippen MR) is 124 cm³/mol. The maximum atomic E-state index is 13.6. The van der Waals surface area contributed by atoms with Crippen molar-refractivity contribution >= 4 is 28.4 Å². The fraction of sp³-hybridized carbons (Fsp3) is 0.320. The van der Waals surface area contributed by atoms with E-state index >= 15 is 0 Å². The second-order valence-electron chi connectivity index (χ2n) is 8.60. The highest BCUT2D eigenvalue weighted by atomic mass is 19.4. The Balaban J connectivity index is 1.61. The molecular formula is C25H24F3N3O5. The van der Waals surface area contributed by atoms with Gasteiger partial charge in [0.2, 0.25) is 5.91 Å². The van der Waals surface area contributed by atoms with Gasteiger partial charge in [-0.2, -0.15) is 13.2 Å². The number of benzene rings is 2. The van der Waals surface area contributed by atoms with Crippen LogP contribution >= 0.6 is 0 Å². The van der Waals surface area contributed by atoms with Gasteiger partial charge in [0, 0.05) is 28.9 Å². The van der Waals surface area contributed by atoms with Crippen molar-refractivity contribution in [3.05, 3.63) is 65.9 Å². The van der Waals surface area contributed by atoms with Crippen LogP contribution in [0, 0.1) is 6.92 Å². The first kappa shape index (κ1) is 25.4. The number of fused-ring (bicyclic) bond motifs is 1. The summed E-state index contributed by atoms with van der Waals surface area (Å²) >= 11 is 0. The van der Waals surface area contributed by atoms with Gasteiger partial charge in [-0.25, -0.2) is 5.48 Å². The third-order valence-corrected chi connectivity index (χ3v) is 6.04. The predicted octanol–water partition coefficient (Wildman–Crippen LogP) is 4.07. The van der Waals surface area contributed by atoms with Gasteiger partial charge in [0.25, 0.3) is 0 Å². The van der Waals surface area contributed by atoms with Crippen LogP contribution in [-0.2, 0) is 20.9 Å². The van der Waals surface area contributed by atoms with Crippen molar-refractivity contribution in [2.75, 3.05) is 18.1 Å². The van der Waals surface area contributed by atoms with Gasteiger partial charge in [0.1, 0.15) is 12.4 Å². The van der Waals surface area contributed by atoms with Crippen molar-refractivity contribution in [2.24, 2.45) is 0 Å². The molecule has 2 aromatic carbocycles. The van der Waals surface area contributed by atoms with Gasteiger partial charge in [-0.05, 0) is 49.7 Å². The highest BCUT2D eigenvalue weighted by molar-refractivity contribution is 5.99. The Bertz CT molecular complexity index is 1260. The number of hydrogen-bond acceptors (Lipinski definition) is 6. The molecule has 11 heteroatoms. The Labute approximate surface area is 204 Å². The van der Waals surface area contributed by atoms with E-state index < -0.39 is 30.0 Å². The highest BCUT2D eigenvalue weighted by Gasteiger charge is 2.53. The number of pyridine rings is 1. The molecule has 0 saturated carbocycles. The summed E-state index contributed by atoms with van der Waals surface area (Å²) in [7, 11) is 0. The average molecular weight is 503 g/mol. The summed E-state index contributed by atoms with van der Waals surface area (Å²) in [6, 6.07) is 15.1. The first-order chi connectivity index (χ1) is 17.1. The lowest BCUT2D eigenvalue weighted by Crippen LogP contribution is -2.58. The number of hydrogen-bond donors (Lipinski definition) is 2. The standard InChI is InChI=1S/C25H24F3N3O5/c1-16-12-17(20-4-2-3-5-21(20)29-16)14-36-19-8-6-18(7-9-19)31(23(33)25(26,27)28)24(10-11-35-15-24)13-22(32)30-34/h2-9,12,34H,10-11,13-15H2,1H3,(H,30,32)/t24-/m1/s1. The van der Waals surface area contributed by atoms with Gasteiger partial charge in [0.15, 0.2) is 0 Å². The summed E-state index contributed by atoms with van der Waals surface area (Å²) < 4.78 is 51.8. The number of para-hydroxylation sites is 1. The molecule has 0 unspecified atom stereocenters. The number of halogens is 3. The van der Waals surface area contributed by atoms with Gasteiger partial charge >= 0.3 is 12.1 Å². The number of nitrogens with zero attached hydrogens (tertiary/aromatic N) is 2. The molecule has 2 N–H and O–H groups in total. The maximum Gasteiger partial charge on any atom is 0.471 e. The largest absolute Gasteiger partial charge is 0.489 e. The van der Waals surface area contributed by atoms with Crippen LogP contribution in [0.15, 0.2) is 54.6 Å². The second-order valence-corrected chi connectivity index (χ2v) is 8.60. The lowest BCUT2D eigenvalue weighted by molar-refractivity contribution is -0.172. The molecule has 1 atom stereocenters. The Kier molecular flexibility index (Phi) is 7.14. The zero-order valence-electron chi connectivity index (χ0n) is 19.3. The number of ether oxygens (including phenoxy) is 2. The van der Waals surface area contributed by atoms with Crippen LogP contribution in [0.5, 0.6) is 5.75 Å². The number of carbonyl (C=O) groups excluding carboxylic acids is 2. The Hall–Kier alpha value is -3.70. The van der Waals surface area contributed by atoms with Crippen molar-refractivity contribution in [1.82, 2.24) is 10.5 Å². The van der Waals surface area contributed by atoms with E-state index in [0.717, 1.165) is 22.2 Å². The van der Waals surface area contributed by atoms with Gasteiger partial charge in [-0.3, -0.25) is 24.7 Å². The first-order valence-corrected chi connectivity index (χ1v) is 11.1. The molecule has 0 radical (unpaired) electrons. The zero-order chi connectivity index (χ0) is 25.9. The fourth-order valence-electron chi connectivity index (χ4n) is 4.43. The number of aryl methyl sites for hydroxylation is 1. The minimum atomic E-state index is -5.19. The molecule has 1 aliphatic rings. The van der Waals surface area contributed by atoms with E-state index in [0.29, 0.717) is 10.6 Å². The van der Waals surface area contributed by atoms with E-state index in [1.165, 1.54) is 29.7 Å². The molecule has 8 nitrogen and oxygen atoms in total.